The maximum absolute atomic E-state index is 11.5. The Labute approximate surface area is 129 Å². The fourth-order valence-corrected chi connectivity index (χ4v) is 2.36. The van der Waals surface area contributed by atoms with Crippen LogP contribution >= 0.6 is 0 Å². The summed E-state index contributed by atoms with van der Waals surface area (Å²) >= 11 is 0. The summed E-state index contributed by atoms with van der Waals surface area (Å²) in [5.74, 6) is -1.31. The number of aliphatic carboxylic acids is 1. The van der Waals surface area contributed by atoms with E-state index in [1.165, 1.54) is 0 Å². The second-order valence-corrected chi connectivity index (χ2v) is 5.34. The molecule has 118 valence electrons. The number of pyridine rings is 1. The topological polar surface area (TPSA) is 79.7 Å². The molecule has 0 radical (unpaired) electrons. The zero-order chi connectivity index (χ0) is 15.9. The van der Waals surface area contributed by atoms with Crippen LogP contribution in [0.5, 0.6) is 0 Å². The van der Waals surface area contributed by atoms with E-state index in [1.807, 2.05) is 25.4 Å². The van der Waals surface area contributed by atoms with Crippen LogP contribution in [0.2, 0.25) is 0 Å². The number of carboxylic acid groups (broad SMARTS) is 1. The van der Waals surface area contributed by atoms with Crippen LogP contribution in [0.15, 0.2) is 30.6 Å². The van der Waals surface area contributed by atoms with E-state index >= 15 is 0 Å². The van der Waals surface area contributed by atoms with E-state index in [1.54, 1.807) is 6.20 Å². The summed E-state index contributed by atoms with van der Waals surface area (Å²) in [5.41, 5.74) is 2.11. The molecule has 1 aliphatic rings. The zero-order valence-corrected chi connectivity index (χ0v) is 12.6. The van der Waals surface area contributed by atoms with Gasteiger partial charge in [0, 0.05) is 43.2 Å². The van der Waals surface area contributed by atoms with Crippen LogP contribution in [0.3, 0.4) is 0 Å². The maximum atomic E-state index is 11.5. The molecule has 22 heavy (non-hydrogen) atoms. The third-order valence-electron chi connectivity index (χ3n) is 3.60. The number of carbonyl (C=O) groups is 2. The molecule has 0 saturated heterocycles. The lowest BCUT2D eigenvalue weighted by atomic mass is 9.98. The highest BCUT2D eigenvalue weighted by molar-refractivity contribution is 5.76. The summed E-state index contributed by atoms with van der Waals surface area (Å²) in [6, 6.07) is 3.89. The summed E-state index contributed by atoms with van der Waals surface area (Å²) in [6.45, 7) is 1.16. The number of carbonyl (C=O) groups excluding carboxylic acids is 1. The molecule has 0 amide bonds. The van der Waals surface area contributed by atoms with Gasteiger partial charge in [-0.25, -0.2) is 0 Å². The highest BCUT2D eigenvalue weighted by Gasteiger charge is 2.20. The van der Waals surface area contributed by atoms with E-state index in [4.69, 9.17) is 9.84 Å². The van der Waals surface area contributed by atoms with Crippen molar-refractivity contribution in [2.45, 2.75) is 19.3 Å². The van der Waals surface area contributed by atoms with Crippen molar-refractivity contribution >= 4 is 17.6 Å². The highest BCUT2D eigenvalue weighted by atomic mass is 16.5. The van der Waals surface area contributed by atoms with E-state index in [0.29, 0.717) is 0 Å². The molecular formula is C16H20N2O4. The van der Waals surface area contributed by atoms with Gasteiger partial charge in [-0.2, -0.15) is 0 Å². The van der Waals surface area contributed by atoms with Crippen molar-refractivity contribution in [3.63, 3.8) is 0 Å². The van der Waals surface area contributed by atoms with Gasteiger partial charge < -0.3 is 14.7 Å². The maximum Gasteiger partial charge on any atom is 0.306 e. The van der Waals surface area contributed by atoms with Gasteiger partial charge in [0.2, 0.25) is 0 Å². The molecule has 1 aromatic rings. The molecular weight excluding hydrogens is 284 g/mol. The minimum absolute atomic E-state index is 0.0822. The second-order valence-electron chi connectivity index (χ2n) is 5.34. The number of rotatable bonds is 6. The van der Waals surface area contributed by atoms with Crippen LogP contribution in [-0.4, -0.2) is 47.1 Å². The Morgan fingerprint density at radius 1 is 1.45 bits per heavy atom. The lowest BCUT2D eigenvalue weighted by Crippen LogP contribution is -2.28. The van der Waals surface area contributed by atoms with Crippen LogP contribution in [0.1, 0.15) is 24.8 Å². The van der Waals surface area contributed by atoms with Crippen molar-refractivity contribution in [3.8, 4) is 0 Å². The molecule has 1 N–H and O–H groups in total. The molecule has 0 fully saturated rings. The normalized spacial score (nSPS) is 17.8. The third-order valence-corrected chi connectivity index (χ3v) is 3.60. The molecule has 6 heteroatoms. The summed E-state index contributed by atoms with van der Waals surface area (Å²) in [5, 5.41) is 8.54. The van der Waals surface area contributed by atoms with E-state index in [0.717, 1.165) is 24.2 Å². The van der Waals surface area contributed by atoms with Gasteiger partial charge in [-0.15, -0.1) is 0 Å². The fraction of sp³-hybridized carbons (Fsp3) is 0.438. The Bertz CT molecular complexity index is 557. The predicted octanol–water partition coefficient (Wildman–Crippen LogP) is 1.78. The molecule has 1 aromatic heterocycles. The van der Waals surface area contributed by atoms with Crippen LogP contribution < -0.4 is 0 Å². The average molecular weight is 304 g/mol. The molecule has 1 aliphatic heterocycles. The van der Waals surface area contributed by atoms with Gasteiger partial charge in [0.1, 0.15) is 0 Å². The van der Waals surface area contributed by atoms with Gasteiger partial charge in [-0.3, -0.25) is 14.6 Å². The zero-order valence-electron chi connectivity index (χ0n) is 12.6. The van der Waals surface area contributed by atoms with Crippen molar-refractivity contribution in [2.75, 3.05) is 20.2 Å². The Kier molecular flexibility index (Phi) is 5.52. The average Bonchev–Trinajstić information content (AvgIpc) is 2.53. The van der Waals surface area contributed by atoms with Crippen LogP contribution in [0.25, 0.3) is 5.70 Å². The smallest absolute Gasteiger partial charge is 0.306 e. The lowest BCUT2D eigenvalue weighted by Gasteiger charge is -2.30. The first-order valence-corrected chi connectivity index (χ1v) is 7.27. The second kappa shape index (κ2) is 7.59. The van der Waals surface area contributed by atoms with Crippen molar-refractivity contribution < 1.29 is 19.4 Å². The summed E-state index contributed by atoms with van der Waals surface area (Å²) in [4.78, 5) is 28.2. The van der Waals surface area contributed by atoms with E-state index in [-0.39, 0.29) is 25.4 Å². The quantitative estimate of drug-likeness (QED) is 0.807. The third kappa shape index (κ3) is 4.58. The monoisotopic (exact) mass is 304 g/mol. The van der Waals surface area contributed by atoms with Crippen LogP contribution in [0, 0.1) is 5.92 Å². The van der Waals surface area contributed by atoms with Gasteiger partial charge in [-0.05, 0) is 18.6 Å². The molecule has 1 atom stereocenters. The Balaban J connectivity index is 1.93. The van der Waals surface area contributed by atoms with Gasteiger partial charge in [-0.1, -0.05) is 6.08 Å². The van der Waals surface area contributed by atoms with Crippen molar-refractivity contribution in [2.24, 2.45) is 5.92 Å². The first-order chi connectivity index (χ1) is 10.6. The molecule has 0 spiro atoms. The lowest BCUT2D eigenvalue weighted by molar-refractivity contribution is -0.148. The summed E-state index contributed by atoms with van der Waals surface area (Å²) in [6.07, 6.45) is 6.25. The van der Waals surface area contributed by atoms with Gasteiger partial charge in [0.15, 0.2) is 0 Å². The predicted molar refractivity (Wildman–Crippen MR) is 80.8 cm³/mol. The first kappa shape index (κ1) is 16.0. The van der Waals surface area contributed by atoms with Crippen molar-refractivity contribution in [3.05, 3.63) is 36.2 Å². The number of ether oxygens (including phenoxy) is 1. The van der Waals surface area contributed by atoms with Crippen LogP contribution in [-0.2, 0) is 14.3 Å². The number of esters is 1. The minimum atomic E-state index is -0.991. The Hall–Kier alpha value is -2.37. The van der Waals surface area contributed by atoms with E-state index < -0.39 is 11.9 Å². The Morgan fingerprint density at radius 3 is 2.95 bits per heavy atom. The summed E-state index contributed by atoms with van der Waals surface area (Å²) in [7, 11) is 2.02. The largest absolute Gasteiger partial charge is 0.481 e. The number of nitrogens with zero attached hydrogens (tertiary/aromatic N) is 2. The van der Waals surface area contributed by atoms with Crippen LogP contribution in [0.4, 0.5) is 0 Å². The van der Waals surface area contributed by atoms with E-state index in [9.17, 15) is 9.59 Å². The molecule has 2 rings (SSSR count). The molecule has 0 bridgehead atoms. The van der Waals surface area contributed by atoms with Crippen molar-refractivity contribution in [1.29, 1.82) is 0 Å². The summed E-state index contributed by atoms with van der Waals surface area (Å²) < 4.78 is 5.17. The highest BCUT2D eigenvalue weighted by Crippen LogP contribution is 2.26. The van der Waals surface area contributed by atoms with Gasteiger partial charge in [0.25, 0.3) is 0 Å². The molecule has 0 aliphatic carbocycles. The van der Waals surface area contributed by atoms with Gasteiger partial charge in [0.05, 0.1) is 19.4 Å². The number of carboxylic acids is 1. The van der Waals surface area contributed by atoms with Gasteiger partial charge >= 0.3 is 11.9 Å². The number of hydrogen-bond acceptors (Lipinski definition) is 5. The van der Waals surface area contributed by atoms with Crippen molar-refractivity contribution in [1.82, 2.24) is 9.88 Å². The standard InChI is InChI=1S/C16H20N2O4/c1-18-8-6-12(11-22-16(21)5-4-15(19)20)9-14(18)13-3-2-7-17-10-13/h2-3,7,9-10,12H,4-6,8,11H2,1H3,(H,19,20). The molecule has 1 unspecified atom stereocenters. The molecule has 2 heterocycles. The minimum Gasteiger partial charge on any atom is -0.481 e. The molecule has 0 aromatic carbocycles. The number of aromatic nitrogens is 1. The van der Waals surface area contributed by atoms with E-state index in [2.05, 4.69) is 16.0 Å². The first-order valence-electron chi connectivity index (χ1n) is 7.27. The Morgan fingerprint density at radius 2 is 2.27 bits per heavy atom. The SMILES string of the molecule is CN1CCC(COC(=O)CCC(=O)O)C=C1c1cccnc1. The number of hydrogen-bond donors (Lipinski definition) is 1. The fourth-order valence-electron chi connectivity index (χ4n) is 2.36. The molecule has 6 nitrogen and oxygen atoms in total. The molecule has 0 saturated carbocycles.